The molecule has 25 heavy (non-hydrogen) atoms. The van der Waals surface area contributed by atoms with E-state index in [1.165, 1.54) is 6.08 Å². The van der Waals surface area contributed by atoms with Gasteiger partial charge in [-0.25, -0.2) is 4.98 Å². The van der Waals surface area contributed by atoms with Crippen LogP contribution in [0.4, 0.5) is 0 Å². The molecule has 1 amide bonds. The summed E-state index contributed by atoms with van der Waals surface area (Å²) < 4.78 is 5.78. The maximum atomic E-state index is 12.0. The summed E-state index contributed by atoms with van der Waals surface area (Å²) in [7, 11) is 0. The molecule has 3 rings (SSSR count). The molecule has 0 aliphatic rings. The van der Waals surface area contributed by atoms with Crippen LogP contribution >= 0.6 is 11.6 Å². The Bertz CT molecular complexity index is 929. The Morgan fingerprint density at radius 1 is 1.28 bits per heavy atom. The van der Waals surface area contributed by atoms with Gasteiger partial charge in [0.25, 0.3) is 0 Å². The summed E-state index contributed by atoms with van der Waals surface area (Å²) in [4.78, 5) is 22.4. The number of carbonyl (C=O) groups excluding carboxylic acids is 1. The first-order valence-electron chi connectivity index (χ1n) is 8.09. The highest BCUT2D eigenvalue weighted by atomic mass is 35.5. The minimum absolute atomic E-state index is 0.0395. The van der Waals surface area contributed by atoms with E-state index >= 15 is 0 Å². The fourth-order valence-electron chi connectivity index (χ4n) is 2.53. The molecule has 128 valence electrons. The van der Waals surface area contributed by atoms with Crippen LogP contribution in [-0.2, 0) is 4.79 Å². The molecule has 0 aliphatic heterocycles. The molecule has 0 aliphatic carbocycles. The highest BCUT2D eigenvalue weighted by Crippen LogP contribution is 2.28. The molecule has 0 radical (unpaired) electrons. The molecular formula is C19H18ClN3O2. The fourth-order valence-corrected chi connectivity index (χ4v) is 2.78. The van der Waals surface area contributed by atoms with Gasteiger partial charge in [0.1, 0.15) is 11.5 Å². The fraction of sp³-hybridized carbons (Fsp3) is 0.211. The summed E-state index contributed by atoms with van der Waals surface area (Å²) in [5, 5.41) is 1.36. The first-order valence-corrected chi connectivity index (χ1v) is 8.47. The number of amides is 1. The van der Waals surface area contributed by atoms with Crippen molar-refractivity contribution >= 4 is 34.5 Å². The number of hydrogen-bond acceptors (Lipinski definition) is 4. The van der Waals surface area contributed by atoms with Gasteiger partial charge in [-0.2, -0.15) is 0 Å². The molecule has 3 aromatic heterocycles. The number of hydrogen-bond donors (Lipinski definition) is 0. The largest absolute Gasteiger partial charge is 0.455 e. The lowest BCUT2D eigenvalue weighted by Crippen LogP contribution is -2.28. The average molecular weight is 356 g/mol. The molecule has 0 atom stereocenters. The SMILES string of the molecule is CCN(CC)C(=O)/C=C/c1ccc(-c2cc(Cl)c3cnccc3n2)o1. The number of nitrogens with zero attached hydrogens (tertiary/aromatic N) is 3. The second kappa shape index (κ2) is 7.49. The maximum absolute atomic E-state index is 12.0. The van der Waals surface area contributed by atoms with E-state index in [2.05, 4.69) is 9.97 Å². The summed E-state index contributed by atoms with van der Waals surface area (Å²) in [5.74, 6) is 1.14. The zero-order valence-corrected chi connectivity index (χ0v) is 14.8. The minimum atomic E-state index is -0.0395. The zero-order chi connectivity index (χ0) is 17.8. The van der Waals surface area contributed by atoms with Crippen LogP contribution in [0.25, 0.3) is 28.4 Å². The predicted octanol–water partition coefficient (Wildman–Crippen LogP) is 4.42. The monoisotopic (exact) mass is 355 g/mol. The number of fused-ring (bicyclic) bond motifs is 1. The van der Waals surface area contributed by atoms with Crippen molar-refractivity contribution in [2.45, 2.75) is 13.8 Å². The van der Waals surface area contributed by atoms with Crippen LogP contribution in [0.5, 0.6) is 0 Å². The summed E-state index contributed by atoms with van der Waals surface area (Å²) >= 11 is 6.30. The number of rotatable bonds is 5. The first-order chi connectivity index (χ1) is 12.1. The van der Waals surface area contributed by atoms with Crippen LogP contribution in [0.3, 0.4) is 0 Å². The number of halogens is 1. The smallest absolute Gasteiger partial charge is 0.246 e. The van der Waals surface area contributed by atoms with Crippen molar-refractivity contribution in [3.63, 3.8) is 0 Å². The molecule has 5 nitrogen and oxygen atoms in total. The molecule has 0 bridgehead atoms. The van der Waals surface area contributed by atoms with E-state index in [1.807, 2.05) is 19.9 Å². The molecule has 0 aromatic carbocycles. The van der Waals surface area contributed by atoms with Crippen molar-refractivity contribution in [2.75, 3.05) is 13.1 Å². The Labute approximate surface area is 150 Å². The van der Waals surface area contributed by atoms with Crippen LogP contribution in [0.15, 0.2) is 47.2 Å². The average Bonchev–Trinajstić information content (AvgIpc) is 3.10. The topological polar surface area (TPSA) is 59.2 Å². The second-order valence-electron chi connectivity index (χ2n) is 5.43. The van der Waals surface area contributed by atoms with Gasteiger partial charge in [0.2, 0.25) is 5.91 Å². The van der Waals surface area contributed by atoms with E-state index in [-0.39, 0.29) is 5.91 Å². The lowest BCUT2D eigenvalue weighted by atomic mass is 10.2. The molecule has 3 heterocycles. The van der Waals surface area contributed by atoms with E-state index in [0.717, 1.165) is 10.9 Å². The summed E-state index contributed by atoms with van der Waals surface area (Å²) in [6.07, 6.45) is 6.53. The van der Waals surface area contributed by atoms with E-state index in [9.17, 15) is 4.79 Å². The van der Waals surface area contributed by atoms with Crippen molar-refractivity contribution in [2.24, 2.45) is 0 Å². The van der Waals surface area contributed by atoms with Gasteiger partial charge in [0.15, 0.2) is 5.76 Å². The van der Waals surface area contributed by atoms with E-state index in [0.29, 0.717) is 35.3 Å². The van der Waals surface area contributed by atoms with Crippen molar-refractivity contribution in [3.8, 4) is 11.5 Å². The Morgan fingerprint density at radius 2 is 2.08 bits per heavy atom. The first kappa shape index (κ1) is 17.2. The third kappa shape index (κ3) is 3.72. The Kier molecular flexibility index (Phi) is 5.14. The van der Waals surface area contributed by atoms with Crippen LogP contribution in [0, 0.1) is 0 Å². The van der Waals surface area contributed by atoms with Crippen LogP contribution in [0.1, 0.15) is 19.6 Å². The third-order valence-corrected chi connectivity index (χ3v) is 4.22. The lowest BCUT2D eigenvalue weighted by Gasteiger charge is -2.15. The molecule has 0 N–H and O–H groups in total. The molecule has 0 saturated heterocycles. The van der Waals surface area contributed by atoms with E-state index in [1.54, 1.807) is 41.6 Å². The number of pyridine rings is 2. The number of carbonyl (C=O) groups is 1. The number of aromatic nitrogens is 2. The van der Waals surface area contributed by atoms with Crippen molar-refractivity contribution in [3.05, 3.63) is 53.5 Å². The quantitative estimate of drug-likeness (QED) is 0.635. The zero-order valence-electron chi connectivity index (χ0n) is 14.1. The Hall–Kier alpha value is -2.66. The molecule has 0 fully saturated rings. The molecule has 0 spiro atoms. The Morgan fingerprint density at radius 3 is 2.84 bits per heavy atom. The van der Waals surface area contributed by atoms with Crippen molar-refractivity contribution < 1.29 is 9.21 Å². The standard InChI is InChI=1S/C19H18ClN3O2/c1-3-23(4-2)19(24)8-6-13-5-7-18(25-13)17-11-15(20)14-12-21-10-9-16(14)22-17/h5-12H,3-4H2,1-2H3/b8-6+. The highest BCUT2D eigenvalue weighted by Gasteiger charge is 2.10. The lowest BCUT2D eigenvalue weighted by molar-refractivity contribution is -0.125. The van der Waals surface area contributed by atoms with Crippen LogP contribution < -0.4 is 0 Å². The van der Waals surface area contributed by atoms with Crippen molar-refractivity contribution in [1.29, 1.82) is 0 Å². The normalized spacial score (nSPS) is 11.3. The van der Waals surface area contributed by atoms with Gasteiger partial charge in [0, 0.05) is 36.9 Å². The molecule has 0 unspecified atom stereocenters. The molecular weight excluding hydrogens is 338 g/mol. The minimum Gasteiger partial charge on any atom is -0.455 e. The number of furan rings is 1. The van der Waals surface area contributed by atoms with Gasteiger partial charge in [-0.05, 0) is 44.2 Å². The van der Waals surface area contributed by atoms with Crippen molar-refractivity contribution in [1.82, 2.24) is 14.9 Å². The van der Waals surface area contributed by atoms with Gasteiger partial charge in [0.05, 0.1) is 10.5 Å². The summed E-state index contributed by atoms with van der Waals surface area (Å²) in [5.41, 5.74) is 1.39. The summed E-state index contributed by atoms with van der Waals surface area (Å²) in [6, 6.07) is 7.16. The van der Waals surface area contributed by atoms with Gasteiger partial charge in [-0.3, -0.25) is 9.78 Å². The van der Waals surface area contributed by atoms with E-state index in [4.69, 9.17) is 16.0 Å². The van der Waals surface area contributed by atoms with Gasteiger partial charge < -0.3 is 9.32 Å². The third-order valence-electron chi connectivity index (χ3n) is 3.90. The highest BCUT2D eigenvalue weighted by molar-refractivity contribution is 6.35. The van der Waals surface area contributed by atoms with Gasteiger partial charge in [-0.15, -0.1) is 0 Å². The van der Waals surface area contributed by atoms with Crippen LogP contribution in [-0.4, -0.2) is 33.9 Å². The van der Waals surface area contributed by atoms with Crippen LogP contribution in [0.2, 0.25) is 5.02 Å². The number of likely N-dealkylation sites (N-methyl/N-ethyl adjacent to an activating group) is 1. The molecule has 3 aromatic rings. The molecule has 0 saturated carbocycles. The summed E-state index contributed by atoms with van der Waals surface area (Å²) in [6.45, 7) is 5.25. The van der Waals surface area contributed by atoms with Gasteiger partial charge in [-0.1, -0.05) is 11.6 Å². The maximum Gasteiger partial charge on any atom is 0.246 e. The predicted molar refractivity (Wildman–Crippen MR) is 99.2 cm³/mol. The van der Waals surface area contributed by atoms with E-state index < -0.39 is 0 Å². The second-order valence-corrected chi connectivity index (χ2v) is 5.84. The molecule has 6 heteroatoms. The Balaban J connectivity index is 1.85. The van der Waals surface area contributed by atoms with Gasteiger partial charge >= 0.3 is 0 Å².